The van der Waals surface area contributed by atoms with Crippen molar-refractivity contribution in [1.29, 1.82) is 0 Å². The van der Waals surface area contributed by atoms with Crippen molar-refractivity contribution in [3.05, 3.63) is 23.5 Å². The van der Waals surface area contributed by atoms with Crippen LogP contribution in [0.4, 0.5) is 0 Å². The molecule has 1 aromatic heterocycles. The van der Waals surface area contributed by atoms with Crippen LogP contribution in [-0.2, 0) is 11.3 Å². The number of aromatic nitrogens is 3. The molecular formula is C10H15N5O. The van der Waals surface area contributed by atoms with Gasteiger partial charge in [0.15, 0.2) is 0 Å². The minimum absolute atomic E-state index is 0.0108. The fraction of sp³-hybridized carbons (Fsp3) is 0.500. The molecule has 86 valence electrons. The summed E-state index contributed by atoms with van der Waals surface area (Å²) in [6, 6.07) is 0. The maximum Gasteiger partial charge on any atom is 0.247 e. The second-order valence-corrected chi connectivity index (χ2v) is 3.75. The Morgan fingerprint density at radius 1 is 1.62 bits per heavy atom. The Kier molecular flexibility index (Phi) is 3.31. The molecule has 1 aromatic rings. The van der Waals surface area contributed by atoms with E-state index >= 15 is 0 Å². The fourth-order valence-corrected chi connectivity index (χ4v) is 1.44. The summed E-state index contributed by atoms with van der Waals surface area (Å²) in [6.07, 6.45) is 3.39. The van der Waals surface area contributed by atoms with Crippen molar-refractivity contribution in [2.24, 2.45) is 0 Å². The molecule has 0 bridgehead atoms. The van der Waals surface area contributed by atoms with E-state index in [0.717, 1.165) is 18.7 Å². The van der Waals surface area contributed by atoms with Crippen molar-refractivity contribution < 1.29 is 4.79 Å². The smallest absolute Gasteiger partial charge is 0.247 e. The molecular weight excluding hydrogens is 206 g/mol. The third kappa shape index (κ3) is 2.46. The van der Waals surface area contributed by atoms with Crippen molar-refractivity contribution in [3.63, 3.8) is 0 Å². The van der Waals surface area contributed by atoms with Crippen LogP contribution in [0.5, 0.6) is 0 Å². The summed E-state index contributed by atoms with van der Waals surface area (Å²) < 4.78 is 1.69. The van der Waals surface area contributed by atoms with Crippen LogP contribution in [0.15, 0.2) is 23.5 Å². The fourth-order valence-electron chi connectivity index (χ4n) is 1.44. The van der Waals surface area contributed by atoms with Crippen molar-refractivity contribution in [2.75, 3.05) is 19.6 Å². The molecule has 0 unspecified atom stereocenters. The van der Waals surface area contributed by atoms with E-state index in [9.17, 15) is 4.79 Å². The molecule has 1 saturated heterocycles. The molecule has 2 heterocycles. The van der Waals surface area contributed by atoms with Gasteiger partial charge >= 0.3 is 0 Å². The largest absolute Gasteiger partial charge is 0.350 e. The lowest BCUT2D eigenvalue weighted by molar-refractivity contribution is -0.117. The third-order valence-electron chi connectivity index (χ3n) is 2.65. The van der Waals surface area contributed by atoms with E-state index in [1.54, 1.807) is 17.1 Å². The molecule has 2 rings (SSSR count). The first-order valence-electron chi connectivity index (χ1n) is 5.29. The lowest BCUT2D eigenvalue weighted by Crippen LogP contribution is -2.38. The first-order valence-corrected chi connectivity index (χ1v) is 5.29. The molecule has 1 aliphatic heterocycles. The van der Waals surface area contributed by atoms with Crippen LogP contribution in [0.1, 0.15) is 6.92 Å². The molecule has 1 aliphatic rings. The number of amides is 1. The molecule has 0 aromatic carbocycles. The molecule has 0 radical (unpaired) electrons. The van der Waals surface area contributed by atoms with Gasteiger partial charge in [-0.2, -0.15) is 0 Å². The van der Waals surface area contributed by atoms with E-state index < -0.39 is 0 Å². The maximum atomic E-state index is 11.7. The first kappa shape index (κ1) is 10.8. The van der Waals surface area contributed by atoms with Gasteiger partial charge in [-0.1, -0.05) is 5.21 Å². The summed E-state index contributed by atoms with van der Waals surface area (Å²) >= 11 is 0. The Balaban J connectivity index is 1.76. The van der Waals surface area contributed by atoms with Crippen LogP contribution >= 0.6 is 0 Å². The summed E-state index contributed by atoms with van der Waals surface area (Å²) in [5.41, 5.74) is 2.02. The van der Waals surface area contributed by atoms with Gasteiger partial charge in [-0.15, -0.1) is 5.10 Å². The minimum atomic E-state index is 0.0108. The Bertz CT molecular complexity index is 389. The molecule has 0 spiro atoms. The predicted molar refractivity (Wildman–Crippen MR) is 58.6 cm³/mol. The summed E-state index contributed by atoms with van der Waals surface area (Å²) in [4.78, 5) is 11.7. The van der Waals surface area contributed by atoms with E-state index in [1.807, 2.05) is 6.92 Å². The Morgan fingerprint density at radius 2 is 2.44 bits per heavy atom. The van der Waals surface area contributed by atoms with Gasteiger partial charge in [-0.3, -0.25) is 9.48 Å². The number of rotatable bonds is 4. The van der Waals surface area contributed by atoms with Crippen LogP contribution in [-0.4, -0.2) is 40.5 Å². The highest BCUT2D eigenvalue weighted by molar-refractivity contribution is 5.93. The monoisotopic (exact) mass is 221 g/mol. The zero-order valence-electron chi connectivity index (χ0n) is 9.23. The highest BCUT2D eigenvalue weighted by atomic mass is 16.1. The SMILES string of the molecule is CC(C(=O)NCCn1ccnn1)=C1CNC1. The van der Waals surface area contributed by atoms with Crippen LogP contribution in [0.3, 0.4) is 0 Å². The van der Waals surface area contributed by atoms with E-state index in [-0.39, 0.29) is 5.91 Å². The first-order chi connectivity index (χ1) is 7.77. The lowest BCUT2D eigenvalue weighted by atomic mass is 10.0. The van der Waals surface area contributed by atoms with Crippen molar-refractivity contribution in [3.8, 4) is 0 Å². The van der Waals surface area contributed by atoms with E-state index in [1.165, 1.54) is 5.57 Å². The van der Waals surface area contributed by atoms with E-state index in [2.05, 4.69) is 20.9 Å². The summed E-state index contributed by atoms with van der Waals surface area (Å²) in [5, 5.41) is 13.5. The van der Waals surface area contributed by atoms with Crippen molar-refractivity contribution >= 4 is 5.91 Å². The summed E-state index contributed by atoms with van der Waals surface area (Å²) in [7, 11) is 0. The summed E-state index contributed by atoms with van der Waals surface area (Å²) in [6.45, 7) is 4.75. The Labute approximate surface area is 93.7 Å². The molecule has 0 aliphatic carbocycles. The highest BCUT2D eigenvalue weighted by Gasteiger charge is 2.15. The van der Waals surface area contributed by atoms with Crippen LogP contribution in [0, 0.1) is 0 Å². The zero-order valence-corrected chi connectivity index (χ0v) is 9.23. The highest BCUT2D eigenvalue weighted by Crippen LogP contribution is 2.08. The number of carbonyl (C=O) groups excluding carboxylic acids is 1. The minimum Gasteiger partial charge on any atom is -0.350 e. The van der Waals surface area contributed by atoms with Crippen molar-refractivity contribution in [1.82, 2.24) is 25.6 Å². The van der Waals surface area contributed by atoms with Gasteiger partial charge in [0, 0.05) is 31.4 Å². The second kappa shape index (κ2) is 4.89. The number of nitrogens with one attached hydrogen (secondary N) is 2. The number of hydrogen-bond acceptors (Lipinski definition) is 4. The molecule has 16 heavy (non-hydrogen) atoms. The molecule has 2 N–H and O–H groups in total. The standard InChI is InChI=1S/C10H15N5O/c1-8(9-6-11-7-9)10(16)12-2-4-15-5-3-13-14-15/h3,5,11H,2,4,6-7H2,1H3,(H,12,16). The van der Waals surface area contributed by atoms with Gasteiger partial charge in [0.1, 0.15) is 0 Å². The molecule has 1 fully saturated rings. The molecule has 6 nitrogen and oxygen atoms in total. The lowest BCUT2D eigenvalue weighted by Gasteiger charge is -2.21. The average Bonchev–Trinajstić information content (AvgIpc) is 2.67. The zero-order chi connectivity index (χ0) is 11.4. The normalized spacial score (nSPS) is 14.4. The Morgan fingerprint density at radius 3 is 3.00 bits per heavy atom. The molecule has 1 amide bonds. The molecule has 6 heteroatoms. The second-order valence-electron chi connectivity index (χ2n) is 3.75. The third-order valence-corrected chi connectivity index (χ3v) is 2.65. The molecule has 0 saturated carbocycles. The summed E-state index contributed by atoms with van der Waals surface area (Å²) in [5.74, 6) is 0.0108. The van der Waals surface area contributed by atoms with Gasteiger partial charge in [0.05, 0.1) is 12.7 Å². The number of nitrogens with zero attached hydrogens (tertiary/aromatic N) is 3. The maximum absolute atomic E-state index is 11.7. The topological polar surface area (TPSA) is 71.8 Å². The van der Waals surface area contributed by atoms with Gasteiger partial charge in [-0.25, -0.2) is 0 Å². The Hall–Kier alpha value is -1.69. The number of hydrogen-bond donors (Lipinski definition) is 2. The predicted octanol–water partition coefficient (Wildman–Crippen LogP) is -0.686. The van der Waals surface area contributed by atoms with E-state index in [4.69, 9.17) is 0 Å². The van der Waals surface area contributed by atoms with E-state index in [0.29, 0.717) is 13.1 Å². The van der Waals surface area contributed by atoms with Gasteiger partial charge < -0.3 is 10.6 Å². The quantitative estimate of drug-likeness (QED) is 0.660. The van der Waals surface area contributed by atoms with Gasteiger partial charge in [0.25, 0.3) is 0 Å². The van der Waals surface area contributed by atoms with Crippen LogP contribution in [0.2, 0.25) is 0 Å². The van der Waals surface area contributed by atoms with Gasteiger partial charge in [-0.05, 0) is 12.5 Å². The average molecular weight is 221 g/mol. The van der Waals surface area contributed by atoms with Crippen LogP contribution in [0.25, 0.3) is 0 Å². The number of carbonyl (C=O) groups is 1. The molecule has 0 atom stereocenters. The van der Waals surface area contributed by atoms with Crippen molar-refractivity contribution in [2.45, 2.75) is 13.5 Å². The van der Waals surface area contributed by atoms with Crippen LogP contribution < -0.4 is 10.6 Å². The van der Waals surface area contributed by atoms with Gasteiger partial charge in [0.2, 0.25) is 5.91 Å².